The van der Waals surface area contributed by atoms with Crippen molar-refractivity contribution in [2.45, 2.75) is 0 Å². The fourth-order valence-electron chi connectivity index (χ4n) is 1.43. The summed E-state index contributed by atoms with van der Waals surface area (Å²) in [5.74, 6) is 0. The molecule has 1 heterocycles. The Balaban J connectivity index is 2.65. The summed E-state index contributed by atoms with van der Waals surface area (Å²) in [4.78, 5) is 14.4. The molecule has 4 nitrogen and oxygen atoms in total. The van der Waals surface area contributed by atoms with Crippen LogP contribution in [-0.4, -0.2) is 9.91 Å². The molecule has 0 saturated heterocycles. The Labute approximate surface area is 117 Å². The number of halogens is 3. The minimum absolute atomic E-state index is 0.141. The number of benzene rings is 1. The lowest BCUT2D eigenvalue weighted by atomic mass is 10.1. The van der Waals surface area contributed by atoms with E-state index in [1.807, 2.05) is 0 Å². The van der Waals surface area contributed by atoms with Crippen LogP contribution in [0.5, 0.6) is 0 Å². The summed E-state index contributed by atoms with van der Waals surface area (Å²) in [6.45, 7) is 0. The normalized spacial score (nSPS) is 10.4. The Bertz CT molecular complexity index is 632. The highest BCUT2D eigenvalue weighted by Gasteiger charge is 2.18. The van der Waals surface area contributed by atoms with E-state index in [1.165, 1.54) is 18.2 Å². The van der Waals surface area contributed by atoms with Gasteiger partial charge in [0.15, 0.2) is 0 Å². The maximum atomic E-state index is 10.9. The predicted octanol–water partition coefficient (Wildman–Crippen LogP) is 4.62. The molecular weight excluding hydrogens is 298 g/mol. The molecule has 0 amide bonds. The summed E-state index contributed by atoms with van der Waals surface area (Å²) < 4.78 is 0. The first-order valence-electron chi connectivity index (χ1n) is 4.75. The molecule has 0 unspecified atom stereocenters. The number of hydrogen-bond acceptors (Lipinski definition) is 3. The molecule has 0 N–H and O–H groups in total. The molecule has 0 spiro atoms. The monoisotopic (exact) mass is 302 g/mol. The van der Waals surface area contributed by atoms with E-state index in [2.05, 4.69) is 4.98 Å². The van der Waals surface area contributed by atoms with E-state index in [-0.39, 0.29) is 16.5 Å². The van der Waals surface area contributed by atoms with Gasteiger partial charge >= 0.3 is 0 Å². The van der Waals surface area contributed by atoms with E-state index in [4.69, 9.17) is 34.8 Å². The molecule has 0 bridgehead atoms. The van der Waals surface area contributed by atoms with Gasteiger partial charge in [0.25, 0.3) is 5.69 Å². The third-order valence-corrected chi connectivity index (χ3v) is 3.18. The quantitative estimate of drug-likeness (QED) is 0.462. The first kappa shape index (κ1) is 13.1. The first-order valence-corrected chi connectivity index (χ1v) is 5.89. The second kappa shape index (κ2) is 5.10. The predicted molar refractivity (Wildman–Crippen MR) is 71.4 cm³/mol. The average molecular weight is 304 g/mol. The first-order chi connectivity index (χ1) is 8.49. The molecule has 0 aliphatic rings. The van der Waals surface area contributed by atoms with Gasteiger partial charge in [-0.2, -0.15) is 0 Å². The summed E-state index contributed by atoms with van der Waals surface area (Å²) in [5.41, 5.74) is 0.502. The van der Waals surface area contributed by atoms with Crippen molar-refractivity contribution < 1.29 is 4.92 Å². The van der Waals surface area contributed by atoms with Crippen LogP contribution in [0.3, 0.4) is 0 Å². The van der Waals surface area contributed by atoms with Gasteiger partial charge in [0.2, 0.25) is 0 Å². The van der Waals surface area contributed by atoms with Crippen LogP contribution in [0.2, 0.25) is 15.2 Å². The van der Waals surface area contributed by atoms with Crippen LogP contribution in [0.25, 0.3) is 11.3 Å². The van der Waals surface area contributed by atoms with Crippen molar-refractivity contribution in [3.05, 3.63) is 55.6 Å². The van der Waals surface area contributed by atoms with Crippen molar-refractivity contribution >= 4 is 40.5 Å². The summed E-state index contributed by atoms with van der Waals surface area (Å²) >= 11 is 17.4. The van der Waals surface area contributed by atoms with Crippen LogP contribution in [-0.2, 0) is 0 Å². The standard InChI is InChI=1S/C11H5Cl3N2O2/c12-7-2-1-6(5-8(7)13)11-9(16(17)18)3-4-10(14)15-11/h1-5H. The third-order valence-electron chi connectivity index (χ3n) is 2.23. The van der Waals surface area contributed by atoms with Crippen molar-refractivity contribution in [2.75, 3.05) is 0 Å². The average Bonchev–Trinajstić information content (AvgIpc) is 2.32. The van der Waals surface area contributed by atoms with E-state index in [1.54, 1.807) is 12.1 Å². The van der Waals surface area contributed by atoms with Crippen molar-refractivity contribution in [3.63, 3.8) is 0 Å². The Hall–Kier alpha value is -1.36. The highest BCUT2D eigenvalue weighted by Crippen LogP contribution is 2.33. The van der Waals surface area contributed by atoms with Crippen LogP contribution in [0, 0.1) is 10.1 Å². The smallest absolute Gasteiger partial charge is 0.258 e. The minimum atomic E-state index is -0.527. The Morgan fingerprint density at radius 3 is 2.39 bits per heavy atom. The summed E-state index contributed by atoms with van der Waals surface area (Å²) in [5, 5.41) is 11.8. The van der Waals surface area contributed by atoms with Gasteiger partial charge in [-0.25, -0.2) is 4.98 Å². The van der Waals surface area contributed by atoms with Crippen molar-refractivity contribution in [1.29, 1.82) is 0 Å². The van der Waals surface area contributed by atoms with Gasteiger partial charge in [-0.3, -0.25) is 10.1 Å². The van der Waals surface area contributed by atoms with Crippen LogP contribution >= 0.6 is 34.8 Å². The number of aromatic nitrogens is 1. The van der Waals surface area contributed by atoms with E-state index < -0.39 is 4.92 Å². The molecule has 1 aromatic heterocycles. The molecule has 92 valence electrons. The van der Waals surface area contributed by atoms with Crippen molar-refractivity contribution in [2.24, 2.45) is 0 Å². The fourth-order valence-corrected chi connectivity index (χ4v) is 1.88. The lowest BCUT2D eigenvalue weighted by molar-refractivity contribution is -0.384. The number of hydrogen-bond donors (Lipinski definition) is 0. The number of nitro groups is 1. The molecule has 0 fully saturated rings. The van der Waals surface area contributed by atoms with E-state index >= 15 is 0 Å². The van der Waals surface area contributed by atoms with E-state index in [0.29, 0.717) is 15.6 Å². The largest absolute Gasteiger partial charge is 0.295 e. The van der Waals surface area contributed by atoms with Crippen LogP contribution < -0.4 is 0 Å². The highest BCUT2D eigenvalue weighted by atomic mass is 35.5. The van der Waals surface area contributed by atoms with Gasteiger partial charge in [-0.05, 0) is 18.2 Å². The van der Waals surface area contributed by atoms with Crippen LogP contribution in [0.15, 0.2) is 30.3 Å². The highest BCUT2D eigenvalue weighted by molar-refractivity contribution is 6.42. The van der Waals surface area contributed by atoms with Crippen molar-refractivity contribution in [3.8, 4) is 11.3 Å². The maximum absolute atomic E-state index is 10.9. The Morgan fingerprint density at radius 1 is 1.06 bits per heavy atom. The Morgan fingerprint density at radius 2 is 1.78 bits per heavy atom. The van der Waals surface area contributed by atoms with Gasteiger partial charge < -0.3 is 0 Å². The molecule has 0 aliphatic carbocycles. The lowest BCUT2D eigenvalue weighted by Crippen LogP contribution is -1.95. The molecule has 2 rings (SSSR count). The van der Waals surface area contributed by atoms with Gasteiger partial charge in [0, 0.05) is 11.6 Å². The third kappa shape index (κ3) is 2.56. The molecule has 7 heteroatoms. The molecule has 0 radical (unpaired) electrons. The summed E-state index contributed by atoms with van der Waals surface area (Å²) in [6.07, 6.45) is 0. The zero-order valence-corrected chi connectivity index (χ0v) is 11.0. The molecule has 0 saturated carbocycles. The molecule has 0 aliphatic heterocycles. The molecule has 2 aromatic rings. The zero-order valence-electron chi connectivity index (χ0n) is 8.73. The van der Waals surface area contributed by atoms with E-state index in [9.17, 15) is 10.1 Å². The van der Waals surface area contributed by atoms with Crippen LogP contribution in [0.1, 0.15) is 0 Å². The minimum Gasteiger partial charge on any atom is -0.258 e. The topological polar surface area (TPSA) is 56.0 Å². The second-order valence-corrected chi connectivity index (χ2v) is 4.59. The number of nitrogens with zero attached hydrogens (tertiary/aromatic N) is 2. The molecule has 18 heavy (non-hydrogen) atoms. The van der Waals surface area contributed by atoms with Gasteiger partial charge in [-0.1, -0.05) is 40.9 Å². The second-order valence-electron chi connectivity index (χ2n) is 3.39. The summed E-state index contributed by atoms with van der Waals surface area (Å²) in [6, 6.07) is 7.31. The molecule has 0 atom stereocenters. The van der Waals surface area contributed by atoms with Gasteiger partial charge in [0.1, 0.15) is 10.8 Å². The van der Waals surface area contributed by atoms with Crippen LogP contribution in [0.4, 0.5) is 5.69 Å². The Kier molecular flexibility index (Phi) is 3.71. The summed E-state index contributed by atoms with van der Waals surface area (Å²) in [7, 11) is 0. The van der Waals surface area contributed by atoms with Gasteiger partial charge in [0.05, 0.1) is 15.0 Å². The number of pyridine rings is 1. The lowest BCUT2D eigenvalue weighted by Gasteiger charge is -2.04. The zero-order chi connectivity index (χ0) is 13.3. The van der Waals surface area contributed by atoms with Crippen molar-refractivity contribution in [1.82, 2.24) is 4.98 Å². The molecule has 1 aromatic carbocycles. The maximum Gasteiger partial charge on any atom is 0.295 e. The van der Waals surface area contributed by atoms with E-state index in [0.717, 1.165) is 0 Å². The fraction of sp³-hybridized carbons (Fsp3) is 0. The number of rotatable bonds is 2. The SMILES string of the molecule is O=[N+]([O-])c1ccc(Cl)nc1-c1ccc(Cl)c(Cl)c1. The van der Waals surface area contributed by atoms with Gasteiger partial charge in [-0.15, -0.1) is 0 Å². The molecular formula is C11H5Cl3N2O2.